The highest BCUT2D eigenvalue weighted by Crippen LogP contribution is 2.36. The Morgan fingerprint density at radius 1 is 1.24 bits per heavy atom. The zero-order chi connectivity index (χ0) is 22.8. The topological polar surface area (TPSA) is 122 Å². The molecule has 1 aliphatic carbocycles. The fourth-order valence-corrected chi connectivity index (χ4v) is 5.99. The lowest BCUT2D eigenvalue weighted by atomic mass is 9.93. The Kier molecular flexibility index (Phi) is 4.36. The number of anilines is 1. The maximum atomic E-state index is 13.1. The van der Waals surface area contributed by atoms with Crippen molar-refractivity contribution in [3.63, 3.8) is 0 Å². The molecule has 3 N–H and O–H groups in total. The average molecular weight is 475 g/mol. The molecule has 1 aliphatic heterocycles. The third kappa shape index (κ3) is 3.07. The molecule has 7 rings (SSSR count). The summed E-state index contributed by atoms with van der Waals surface area (Å²) in [6, 6.07) is 2.18. The van der Waals surface area contributed by atoms with E-state index in [1.54, 1.807) is 28.1 Å². The molecule has 2 aliphatic rings. The van der Waals surface area contributed by atoms with Gasteiger partial charge in [-0.1, -0.05) is 6.42 Å². The minimum Gasteiger partial charge on any atom is -0.324 e. The molecule has 6 heterocycles. The van der Waals surface area contributed by atoms with Crippen LogP contribution in [0.2, 0.25) is 0 Å². The molecule has 0 aromatic carbocycles. The number of thiazole rings is 1. The van der Waals surface area contributed by atoms with E-state index in [9.17, 15) is 9.59 Å². The second kappa shape index (κ2) is 7.47. The predicted octanol–water partition coefficient (Wildman–Crippen LogP) is 2.68. The van der Waals surface area contributed by atoms with Crippen LogP contribution in [-0.4, -0.2) is 47.9 Å². The van der Waals surface area contributed by atoms with Crippen LogP contribution >= 0.6 is 11.3 Å². The summed E-state index contributed by atoms with van der Waals surface area (Å²) in [5.74, 6) is -0.127. The number of amides is 1. The second-order valence-electron chi connectivity index (χ2n) is 9.03. The van der Waals surface area contributed by atoms with E-state index in [4.69, 9.17) is 5.10 Å². The van der Waals surface area contributed by atoms with Crippen LogP contribution in [0.1, 0.15) is 31.4 Å². The molecular weight excluding hydrogens is 452 g/mol. The lowest BCUT2D eigenvalue weighted by Crippen LogP contribution is -2.40. The van der Waals surface area contributed by atoms with Crippen LogP contribution in [0.25, 0.3) is 37.2 Å². The highest BCUT2D eigenvalue weighted by molar-refractivity contribution is 7.21. The van der Waals surface area contributed by atoms with Gasteiger partial charge >= 0.3 is 0 Å². The minimum absolute atomic E-state index is 0.127. The van der Waals surface area contributed by atoms with Gasteiger partial charge < -0.3 is 15.6 Å². The number of hydrogen-bond donors (Lipinski definition) is 3. The van der Waals surface area contributed by atoms with Crippen LogP contribution in [0.3, 0.4) is 0 Å². The number of fused-ring (bicyclic) bond motifs is 6. The lowest BCUT2D eigenvalue weighted by molar-refractivity contribution is -0.115. The van der Waals surface area contributed by atoms with Gasteiger partial charge in [-0.2, -0.15) is 10.2 Å². The van der Waals surface area contributed by atoms with Crippen molar-refractivity contribution in [3.8, 4) is 10.4 Å². The number of carbonyl (C=O) groups is 1. The molecule has 0 bridgehead atoms. The number of pyridine rings is 2. The van der Waals surface area contributed by atoms with Crippen LogP contribution in [0.5, 0.6) is 0 Å². The van der Waals surface area contributed by atoms with Gasteiger partial charge in [-0.15, -0.1) is 11.3 Å². The number of rotatable bonds is 5. The van der Waals surface area contributed by atoms with Crippen molar-refractivity contribution in [2.45, 2.75) is 44.7 Å². The fourth-order valence-electron chi connectivity index (χ4n) is 4.87. The molecule has 0 unspecified atom stereocenters. The molecule has 11 heteroatoms. The molecule has 5 aromatic rings. The van der Waals surface area contributed by atoms with Crippen molar-refractivity contribution in [1.82, 2.24) is 34.7 Å². The van der Waals surface area contributed by atoms with Gasteiger partial charge in [0.25, 0.3) is 5.56 Å². The van der Waals surface area contributed by atoms with Crippen LogP contribution in [0.15, 0.2) is 29.5 Å². The van der Waals surface area contributed by atoms with E-state index in [-0.39, 0.29) is 18.0 Å². The summed E-state index contributed by atoms with van der Waals surface area (Å²) in [5.41, 5.74) is 4.38. The zero-order valence-corrected chi connectivity index (χ0v) is 19.1. The summed E-state index contributed by atoms with van der Waals surface area (Å²) in [5, 5.41) is 15.8. The van der Waals surface area contributed by atoms with Gasteiger partial charge in [0.1, 0.15) is 21.3 Å². The first-order valence-electron chi connectivity index (χ1n) is 11.6. The highest BCUT2D eigenvalue weighted by Gasteiger charge is 2.22. The smallest absolute Gasteiger partial charge is 0.261 e. The van der Waals surface area contributed by atoms with Crippen molar-refractivity contribution in [3.05, 3.63) is 40.7 Å². The summed E-state index contributed by atoms with van der Waals surface area (Å²) in [6.45, 7) is 1.22. The molecule has 10 nitrogen and oxygen atoms in total. The van der Waals surface area contributed by atoms with E-state index in [2.05, 4.69) is 30.4 Å². The van der Waals surface area contributed by atoms with Crippen molar-refractivity contribution in [2.24, 2.45) is 0 Å². The first kappa shape index (κ1) is 19.9. The summed E-state index contributed by atoms with van der Waals surface area (Å²) < 4.78 is 3.82. The van der Waals surface area contributed by atoms with E-state index in [0.717, 1.165) is 47.5 Å². The number of hydrogen-bond acceptors (Lipinski definition) is 7. The molecule has 1 amide bonds. The Balaban J connectivity index is 1.24. The SMILES string of the molecule is O=C(CNC1CCC1)Nc1cnc2c(c1)[nH]c(=O)c1c2nn2cc(-c3cnn4c3CCC4)sc12. The third-order valence-corrected chi connectivity index (χ3v) is 7.97. The molecule has 0 radical (unpaired) electrons. The van der Waals surface area contributed by atoms with Crippen LogP contribution in [0, 0.1) is 0 Å². The van der Waals surface area contributed by atoms with Gasteiger partial charge in [0, 0.05) is 30.0 Å². The Bertz CT molecular complexity index is 1650. The van der Waals surface area contributed by atoms with Gasteiger partial charge in [-0.3, -0.25) is 19.3 Å². The van der Waals surface area contributed by atoms with Gasteiger partial charge in [-0.05, 0) is 31.7 Å². The quantitative estimate of drug-likeness (QED) is 0.360. The number of H-pyrrole nitrogens is 1. The molecule has 0 spiro atoms. The van der Waals surface area contributed by atoms with Gasteiger partial charge in [0.05, 0.1) is 35.0 Å². The van der Waals surface area contributed by atoms with E-state index < -0.39 is 0 Å². The van der Waals surface area contributed by atoms with Gasteiger partial charge in [0.2, 0.25) is 5.91 Å². The Morgan fingerprint density at radius 3 is 3.00 bits per heavy atom. The first-order valence-corrected chi connectivity index (χ1v) is 12.4. The number of nitrogens with one attached hydrogen (secondary N) is 3. The molecule has 34 heavy (non-hydrogen) atoms. The van der Waals surface area contributed by atoms with E-state index >= 15 is 0 Å². The minimum atomic E-state index is -0.219. The highest BCUT2D eigenvalue weighted by atomic mass is 32.1. The number of aryl methyl sites for hydroxylation is 1. The molecule has 5 aromatic heterocycles. The first-order chi connectivity index (χ1) is 16.6. The standard InChI is InChI=1S/C23H22N8O2S/c32-18(10-24-12-3-1-4-12)27-13-7-15-20(25-8-13)21-19(22(33)28-15)23-31(29-21)11-17(34-23)14-9-26-30-6-2-5-16(14)30/h7-9,11-12,24H,1-6,10H2,(H,27,32)(H,28,33). The number of carbonyl (C=O) groups excluding carboxylic acids is 1. The van der Waals surface area contributed by atoms with Crippen LogP contribution in [0.4, 0.5) is 5.69 Å². The molecule has 0 saturated heterocycles. The third-order valence-electron chi connectivity index (χ3n) is 6.84. The predicted molar refractivity (Wildman–Crippen MR) is 130 cm³/mol. The van der Waals surface area contributed by atoms with Crippen molar-refractivity contribution in [2.75, 3.05) is 11.9 Å². The molecule has 0 atom stereocenters. The average Bonchev–Trinajstić information content (AvgIpc) is 3.52. The Labute approximate surface area is 197 Å². The Morgan fingerprint density at radius 2 is 2.15 bits per heavy atom. The molecule has 1 saturated carbocycles. The molecule has 172 valence electrons. The summed E-state index contributed by atoms with van der Waals surface area (Å²) in [6.07, 6.45) is 11.1. The monoisotopic (exact) mass is 474 g/mol. The van der Waals surface area contributed by atoms with E-state index in [1.807, 2.05) is 12.4 Å². The maximum Gasteiger partial charge on any atom is 0.261 e. The Hall–Kier alpha value is -3.57. The molecule has 1 fully saturated rings. The summed E-state index contributed by atoms with van der Waals surface area (Å²) in [7, 11) is 0. The zero-order valence-electron chi connectivity index (χ0n) is 18.3. The van der Waals surface area contributed by atoms with Crippen molar-refractivity contribution in [1.29, 1.82) is 0 Å². The van der Waals surface area contributed by atoms with E-state index in [0.29, 0.717) is 33.7 Å². The summed E-state index contributed by atoms with van der Waals surface area (Å²) in [4.78, 5) is 34.6. The van der Waals surface area contributed by atoms with Crippen LogP contribution in [-0.2, 0) is 17.8 Å². The van der Waals surface area contributed by atoms with Crippen molar-refractivity contribution < 1.29 is 4.79 Å². The largest absolute Gasteiger partial charge is 0.324 e. The van der Waals surface area contributed by atoms with Gasteiger partial charge in [0.15, 0.2) is 0 Å². The number of aromatic nitrogens is 6. The number of aromatic amines is 1. The fraction of sp³-hybridized carbons (Fsp3) is 0.348. The van der Waals surface area contributed by atoms with Crippen molar-refractivity contribution >= 4 is 49.7 Å². The van der Waals surface area contributed by atoms with Crippen LogP contribution < -0.4 is 16.2 Å². The van der Waals surface area contributed by atoms with Gasteiger partial charge in [-0.25, -0.2) is 4.52 Å². The lowest BCUT2D eigenvalue weighted by Gasteiger charge is -2.26. The second-order valence-corrected chi connectivity index (χ2v) is 10.1. The normalized spacial score (nSPS) is 15.9. The summed E-state index contributed by atoms with van der Waals surface area (Å²) >= 11 is 1.54. The molecular formula is C23H22N8O2S. The number of nitrogens with zero attached hydrogens (tertiary/aromatic N) is 5. The maximum absolute atomic E-state index is 13.1. The van der Waals surface area contributed by atoms with E-state index in [1.165, 1.54) is 12.1 Å².